The van der Waals surface area contributed by atoms with Crippen LogP contribution in [0.3, 0.4) is 0 Å². The van der Waals surface area contributed by atoms with Crippen LogP contribution in [0, 0.1) is 6.92 Å². The molecule has 1 heterocycles. The van der Waals surface area contributed by atoms with Gasteiger partial charge in [-0.25, -0.2) is 0 Å². The normalized spacial score (nSPS) is 12.7. The summed E-state index contributed by atoms with van der Waals surface area (Å²) in [5, 5.41) is 5.04. The fourth-order valence-corrected chi connectivity index (χ4v) is 2.85. The second kappa shape index (κ2) is 6.07. The van der Waals surface area contributed by atoms with E-state index in [0.29, 0.717) is 0 Å². The van der Waals surface area contributed by atoms with Crippen LogP contribution >= 0.6 is 27.5 Å². The first kappa shape index (κ1) is 14.6. The van der Waals surface area contributed by atoms with Crippen molar-refractivity contribution in [3.8, 4) is 0 Å². The first-order chi connectivity index (χ1) is 8.99. The van der Waals surface area contributed by atoms with Crippen LogP contribution in [-0.2, 0) is 19.9 Å². The van der Waals surface area contributed by atoms with Gasteiger partial charge in [-0.15, -0.1) is 0 Å². The average molecular weight is 343 g/mol. The number of benzene rings is 1. The quantitative estimate of drug-likeness (QED) is 0.927. The number of aryl methyl sites for hydroxylation is 2. The summed E-state index contributed by atoms with van der Waals surface area (Å²) in [5.41, 5.74) is 9.30. The van der Waals surface area contributed by atoms with Crippen LogP contribution in [-0.4, -0.2) is 15.8 Å². The third-order valence-corrected chi connectivity index (χ3v) is 4.42. The molecule has 2 N–H and O–H groups in total. The third kappa shape index (κ3) is 3.38. The molecule has 0 bridgehead atoms. The van der Waals surface area contributed by atoms with Crippen molar-refractivity contribution in [2.75, 3.05) is 0 Å². The molecule has 1 aromatic heterocycles. The van der Waals surface area contributed by atoms with E-state index in [4.69, 9.17) is 17.3 Å². The van der Waals surface area contributed by atoms with Gasteiger partial charge >= 0.3 is 0 Å². The highest BCUT2D eigenvalue weighted by atomic mass is 79.9. The number of rotatable bonds is 4. The molecule has 0 amide bonds. The van der Waals surface area contributed by atoms with Gasteiger partial charge in [0.1, 0.15) is 0 Å². The molecule has 0 fully saturated rings. The number of nitrogens with two attached hydrogens (primary N) is 1. The summed E-state index contributed by atoms with van der Waals surface area (Å²) in [4.78, 5) is 0. The van der Waals surface area contributed by atoms with Crippen molar-refractivity contribution in [3.05, 3.63) is 50.7 Å². The first-order valence-electron chi connectivity index (χ1n) is 6.16. The molecule has 19 heavy (non-hydrogen) atoms. The molecule has 3 nitrogen and oxygen atoms in total. The molecular weight excluding hydrogens is 326 g/mol. The van der Waals surface area contributed by atoms with E-state index in [1.165, 1.54) is 5.56 Å². The lowest BCUT2D eigenvalue weighted by Crippen LogP contribution is -2.27. The van der Waals surface area contributed by atoms with Crippen LogP contribution in [0.5, 0.6) is 0 Å². The maximum Gasteiger partial charge on any atom is 0.0847 e. The van der Waals surface area contributed by atoms with Gasteiger partial charge in [0.15, 0.2) is 0 Å². The number of hydrogen-bond acceptors (Lipinski definition) is 2. The summed E-state index contributed by atoms with van der Waals surface area (Å²) in [6.45, 7) is 1.91. The predicted molar refractivity (Wildman–Crippen MR) is 82.5 cm³/mol. The zero-order chi connectivity index (χ0) is 14.0. The van der Waals surface area contributed by atoms with Gasteiger partial charge in [0.2, 0.25) is 0 Å². The summed E-state index contributed by atoms with van der Waals surface area (Å²) >= 11 is 9.79. The molecule has 0 aliphatic heterocycles. The van der Waals surface area contributed by atoms with Crippen LogP contribution in [0.15, 0.2) is 28.7 Å². The lowest BCUT2D eigenvalue weighted by molar-refractivity contribution is 0.612. The summed E-state index contributed by atoms with van der Waals surface area (Å²) in [6, 6.07) is 8.16. The molecule has 1 atom stereocenters. The van der Waals surface area contributed by atoms with Crippen LogP contribution in [0.25, 0.3) is 0 Å². The molecule has 0 aliphatic rings. The number of hydrogen-bond donors (Lipinski definition) is 1. The monoisotopic (exact) mass is 341 g/mol. The maximum absolute atomic E-state index is 6.24. The van der Waals surface area contributed by atoms with Crippen molar-refractivity contribution < 1.29 is 0 Å². The van der Waals surface area contributed by atoms with Gasteiger partial charge in [-0.3, -0.25) is 4.68 Å². The van der Waals surface area contributed by atoms with Crippen molar-refractivity contribution in [2.45, 2.75) is 25.8 Å². The Labute approximate surface area is 126 Å². The Hall–Kier alpha value is -0.840. The number of halogens is 2. The SMILES string of the molecule is Cc1nn(C)c(CC(N)Cc2ccccc2Br)c1Cl. The Bertz CT molecular complexity index is 580. The van der Waals surface area contributed by atoms with Gasteiger partial charge in [0.25, 0.3) is 0 Å². The smallest absolute Gasteiger partial charge is 0.0847 e. The van der Waals surface area contributed by atoms with Crippen molar-refractivity contribution in [2.24, 2.45) is 12.8 Å². The van der Waals surface area contributed by atoms with E-state index in [0.717, 1.165) is 33.7 Å². The zero-order valence-corrected chi connectivity index (χ0v) is 13.4. The molecule has 0 saturated carbocycles. The van der Waals surface area contributed by atoms with Crippen molar-refractivity contribution in [3.63, 3.8) is 0 Å². The number of aromatic nitrogens is 2. The molecule has 1 unspecified atom stereocenters. The molecular formula is C14H17BrClN3. The Balaban J connectivity index is 2.10. The zero-order valence-electron chi connectivity index (χ0n) is 11.0. The van der Waals surface area contributed by atoms with Crippen molar-refractivity contribution in [1.82, 2.24) is 9.78 Å². The molecule has 2 rings (SSSR count). The second-order valence-corrected chi connectivity index (χ2v) is 5.96. The minimum atomic E-state index is 0.0194. The summed E-state index contributed by atoms with van der Waals surface area (Å²) in [6.07, 6.45) is 1.53. The topological polar surface area (TPSA) is 43.8 Å². The van der Waals surface area contributed by atoms with Crippen LogP contribution in [0.4, 0.5) is 0 Å². The van der Waals surface area contributed by atoms with Crippen LogP contribution in [0.1, 0.15) is 17.0 Å². The van der Waals surface area contributed by atoms with Crippen LogP contribution < -0.4 is 5.73 Å². The van der Waals surface area contributed by atoms with Gasteiger partial charge < -0.3 is 5.73 Å². The van der Waals surface area contributed by atoms with E-state index in [9.17, 15) is 0 Å². The van der Waals surface area contributed by atoms with E-state index in [-0.39, 0.29) is 6.04 Å². The summed E-state index contributed by atoms with van der Waals surface area (Å²) in [7, 11) is 1.90. The molecule has 0 aliphatic carbocycles. The highest BCUT2D eigenvalue weighted by Gasteiger charge is 2.15. The first-order valence-corrected chi connectivity index (χ1v) is 7.33. The predicted octanol–water partition coefficient (Wildman–Crippen LogP) is 3.26. The molecule has 0 saturated heterocycles. The van der Waals surface area contributed by atoms with Gasteiger partial charge in [-0.2, -0.15) is 5.10 Å². The standard InChI is InChI=1S/C14H17BrClN3/c1-9-14(16)13(19(2)18-9)8-11(17)7-10-5-3-4-6-12(10)15/h3-6,11H,7-8,17H2,1-2H3. The third-order valence-electron chi connectivity index (χ3n) is 3.16. The lowest BCUT2D eigenvalue weighted by atomic mass is 10.0. The highest BCUT2D eigenvalue weighted by Crippen LogP contribution is 2.22. The fourth-order valence-electron chi connectivity index (χ4n) is 2.17. The van der Waals surface area contributed by atoms with Gasteiger partial charge in [-0.1, -0.05) is 45.7 Å². The molecule has 2 aromatic rings. The molecule has 0 spiro atoms. The molecule has 5 heteroatoms. The minimum Gasteiger partial charge on any atom is -0.327 e. The number of nitrogens with zero attached hydrogens (tertiary/aromatic N) is 2. The van der Waals surface area contributed by atoms with E-state index in [2.05, 4.69) is 27.1 Å². The summed E-state index contributed by atoms with van der Waals surface area (Å²) in [5.74, 6) is 0. The van der Waals surface area contributed by atoms with E-state index in [1.807, 2.05) is 36.9 Å². The largest absolute Gasteiger partial charge is 0.327 e. The van der Waals surface area contributed by atoms with Gasteiger partial charge in [-0.05, 0) is 25.0 Å². The molecule has 102 valence electrons. The van der Waals surface area contributed by atoms with E-state index in [1.54, 1.807) is 0 Å². The van der Waals surface area contributed by atoms with E-state index < -0.39 is 0 Å². The Morgan fingerprint density at radius 2 is 2.05 bits per heavy atom. The fraction of sp³-hybridized carbons (Fsp3) is 0.357. The van der Waals surface area contributed by atoms with Crippen molar-refractivity contribution >= 4 is 27.5 Å². The Morgan fingerprint density at radius 3 is 2.63 bits per heavy atom. The molecule has 0 radical (unpaired) electrons. The van der Waals surface area contributed by atoms with Crippen LogP contribution in [0.2, 0.25) is 5.02 Å². The summed E-state index contributed by atoms with van der Waals surface area (Å²) < 4.78 is 2.91. The second-order valence-electron chi connectivity index (χ2n) is 4.73. The van der Waals surface area contributed by atoms with Gasteiger partial charge in [0, 0.05) is 24.0 Å². The van der Waals surface area contributed by atoms with Crippen molar-refractivity contribution in [1.29, 1.82) is 0 Å². The maximum atomic E-state index is 6.24. The minimum absolute atomic E-state index is 0.0194. The average Bonchev–Trinajstić information content (AvgIpc) is 2.59. The highest BCUT2D eigenvalue weighted by molar-refractivity contribution is 9.10. The lowest BCUT2D eigenvalue weighted by Gasteiger charge is -2.13. The van der Waals surface area contributed by atoms with E-state index >= 15 is 0 Å². The Morgan fingerprint density at radius 1 is 1.37 bits per heavy atom. The Kier molecular flexibility index (Phi) is 4.66. The molecule has 1 aromatic carbocycles. The van der Waals surface area contributed by atoms with Gasteiger partial charge in [0.05, 0.1) is 16.4 Å².